The van der Waals surface area contributed by atoms with E-state index in [1.165, 1.54) is 16.7 Å². The first-order chi connectivity index (χ1) is 14.5. The van der Waals surface area contributed by atoms with Gasteiger partial charge in [0.25, 0.3) is 5.91 Å². The lowest BCUT2D eigenvalue weighted by Crippen LogP contribution is -2.22. The fourth-order valence-electron chi connectivity index (χ4n) is 2.71. The first-order valence-electron chi connectivity index (χ1n) is 9.31. The van der Waals surface area contributed by atoms with Crippen molar-refractivity contribution in [2.75, 3.05) is 34.5 Å². The fraction of sp³-hybridized carbons (Fsp3) is 0.273. The van der Waals surface area contributed by atoms with Crippen LogP contribution in [0.2, 0.25) is 0 Å². The number of hydrogen-bond acceptors (Lipinski definition) is 7. The van der Waals surface area contributed by atoms with Crippen LogP contribution < -0.4 is 18.9 Å². The van der Waals surface area contributed by atoms with E-state index in [2.05, 4.69) is 0 Å². The lowest BCUT2D eigenvalue weighted by Gasteiger charge is -2.12. The summed E-state index contributed by atoms with van der Waals surface area (Å²) in [6.45, 7) is 1.00. The molecule has 0 saturated carbocycles. The molecule has 30 heavy (non-hydrogen) atoms. The SMILES string of the molecule is COc1cccc(OCCCOc2ccc(/C=C3/SC(=S)N(C)C3=O)cc2OC)c1. The summed E-state index contributed by atoms with van der Waals surface area (Å²) in [6.07, 6.45) is 2.51. The number of methoxy groups -OCH3 is 2. The standard InChI is InChI=1S/C22H23NO5S2/c1-23-21(24)20(30-22(23)29)13-15-8-9-18(19(12-15)26-3)28-11-5-10-27-17-7-4-6-16(14-17)25-2/h4,6-9,12-14H,5,10-11H2,1-3H3/b20-13+. The van der Waals surface area contributed by atoms with E-state index in [1.54, 1.807) is 27.3 Å². The molecule has 1 heterocycles. The van der Waals surface area contributed by atoms with E-state index in [0.717, 1.165) is 17.1 Å². The summed E-state index contributed by atoms with van der Waals surface area (Å²) in [5.74, 6) is 2.66. The predicted octanol–water partition coefficient (Wildman–Crippen LogP) is 4.38. The third-order valence-corrected chi connectivity index (χ3v) is 5.81. The van der Waals surface area contributed by atoms with Crippen molar-refractivity contribution in [2.45, 2.75) is 6.42 Å². The van der Waals surface area contributed by atoms with Gasteiger partial charge in [-0.25, -0.2) is 0 Å². The summed E-state index contributed by atoms with van der Waals surface area (Å²) in [4.78, 5) is 14.2. The van der Waals surface area contributed by atoms with E-state index < -0.39 is 0 Å². The van der Waals surface area contributed by atoms with Crippen molar-refractivity contribution in [3.8, 4) is 23.0 Å². The van der Waals surface area contributed by atoms with Crippen LogP contribution in [0.25, 0.3) is 6.08 Å². The topological polar surface area (TPSA) is 57.2 Å². The van der Waals surface area contributed by atoms with Crippen molar-refractivity contribution >= 4 is 40.3 Å². The number of carbonyl (C=O) groups is 1. The van der Waals surface area contributed by atoms with E-state index in [-0.39, 0.29) is 5.91 Å². The maximum Gasteiger partial charge on any atom is 0.265 e. The molecular formula is C22H23NO5S2. The van der Waals surface area contributed by atoms with Gasteiger partial charge in [-0.3, -0.25) is 9.69 Å². The maximum absolute atomic E-state index is 12.2. The van der Waals surface area contributed by atoms with E-state index in [0.29, 0.717) is 40.4 Å². The van der Waals surface area contributed by atoms with Crippen molar-refractivity contribution in [1.82, 2.24) is 4.90 Å². The van der Waals surface area contributed by atoms with Gasteiger partial charge >= 0.3 is 0 Å². The van der Waals surface area contributed by atoms with Crippen LogP contribution in [0.3, 0.4) is 0 Å². The molecule has 2 aromatic carbocycles. The van der Waals surface area contributed by atoms with Crippen LogP contribution in [0, 0.1) is 0 Å². The number of amides is 1. The number of thioether (sulfide) groups is 1. The summed E-state index contributed by atoms with van der Waals surface area (Å²) < 4.78 is 22.7. The molecule has 0 aromatic heterocycles. The molecule has 0 atom stereocenters. The van der Waals surface area contributed by atoms with Crippen LogP contribution in [-0.4, -0.2) is 49.6 Å². The molecule has 0 radical (unpaired) electrons. The van der Waals surface area contributed by atoms with E-state index >= 15 is 0 Å². The Balaban J connectivity index is 1.54. The molecule has 1 saturated heterocycles. The zero-order valence-electron chi connectivity index (χ0n) is 17.0. The van der Waals surface area contributed by atoms with Crippen molar-refractivity contribution in [3.05, 3.63) is 52.9 Å². The number of thiocarbonyl (C=S) groups is 1. The highest BCUT2D eigenvalue weighted by Gasteiger charge is 2.28. The van der Waals surface area contributed by atoms with Crippen LogP contribution >= 0.6 is 24.0 Å². The van der Waals surface area contributed by atoms with Crippen LogP contribution in [0.1, 0.15) is 12.0 Å². The van der Waals surface area contributed by atoms with Gasteiger partial charge in [-0.15, -0.1) is 0 Å². The van der Waals surface area contributed by atoms with Gasteiger partial charge in [0, 0.05) is 19.5 Å². The average Bonchev–Trinajstić information content (AvgIpc) is 3.00. The van der Waals surface area contributed by atoms with Gasteiger partial charge in [0.2, 0.25) is 0 Å². The van der Waals surface area contributed by atoms with Crippen molar-refractivity contribution in [1.29, 1.82) is 0 Å². The van der Waals surface area contributed by atoms with Gasteiger partial charge in [0.1, 0.15) is 15.8 Å². The van der Waals surface area contributed by atoms with Gasteiger partial charge in [0.15, 0.2) is 11.5 Å². The Kier molecular flexibility index (Phi) is 7.59. The molecule has 1 amide bonds. The minimum absolute atomic E-state index is 0.0969. The zero-order chi connectivity index (χ0) is 21.5. The molecule has 158 valence electrons. The molecule has 6 nitrogen and oxygen atoms in total. The summed E-state index contributed by atoms with van der Waals surface area (Å²) in [5, 5.41) is 0. The van der Waals surface area contributed by atoms with Gasteiger partial charge in [-0.1, -0.05) is 36.1 Å². The monoisotopic (exact) mass is 445 g/mol. The van der Waals surface area contributed by atoms with Gasteiger partial charge in [-0.2, -0.15) is 0 Å². The number of hydrogen-bond donors (Lipinski definition) is 0. The van der Waals surface area contributed by atoms with Crippen LogP contribution in [0.4, 0.5) is 0 Å². The summed E-state index contributed by atoms with van der Waals surface area (Å²) in [6, 6.07) is 13.0. The number of carbonyl (C=O) groups excluding carboxylic acids is 1. The highest BCUT2D eigenvalue weighted by molar-refractivity contribution is 8.26. The first-order valence-corrected chi connectivity index (χ1v) is 10.5. The molecule has 0 bridgehead atoms. The highest BCUT2D eigenvalue weighted by atomic mass is 32.2. The second kappa shape index (κ2) is 10.4. The lowest BCUT2D eigenvalue weighted by atomic mass is 10.2. The molecule has 1 aliphatic rings. The minimum Gasteiger partial charge on any atom is -0.497 e. The summed E-state index contributed by atoms with van der Waals surface area (Å²) in [7, 11) is 4.89. The molecule has 1 fully saturated rings. The Labute approximate surface area is 185 Å². The van der Waals surface area contributed by atoms with Gasteiger partial charge in [-0.05, 0) is 35.9 Å². The largest absolute Gasteiger partial charge is 0.497 e. The number of nitrogens with zero attached hydrogens (tertiary/aromatic N) is 1. The molecule has 8 heteroatoms. The number of rotatable bonds is 9. The molecule has 0 spiro atoms. The molecule has 3 rings (SSSR count). The molecule has 0 aliphatic carbocycles. The van der Waals surface area contributed by atoms with Crippen molar-refractivity contribution in [3.63, 3.8) is 0 Å². The first kappa shape index (κ1) is 22.0. The Morgan fingerprint density at radius 3 is 2.47 bits per heavy atom. The summed E-state index contributed by atoms with van der Waals surface area (Å²) in [5.41, 5.74) is 0.842. The average molecular weight is 446 g/mol. The van der Waals surface area contributed by atoms with Crippen LogP contribution in [0.15, 0.2) is 47.4 Å². The molecule has 1 aliphatic heterocycles. The van der Waals surface area contributed by atoms with E-state index in [9.17, 15) is 4.79 Å². The third kappa shape index (κ3) is 5.46. The molecule has 0 unspecified atom stereocenters. The van der Waals surface area contributed by atoms with Crippen molar-refractivity contribution in [2.24, 2.45) is 0 Å². The highest BCUT2D eigenvalue weighted by Crippen LogP contribution is 2.34. The van der Waals surface area contributed by atoms with Crippen LogP contribution in [-0.2, 0) is 4.79 Å². The predicted molar refractivity (Wildman–Crippen MR) is 123 cm³/mol. The second-order valence-corrected chi connectivity index (χ2v) is 8.06. The Morgan fingerprint density at radius 2 is 1.77 bits per heavy atom. The smallest absolute Gasteiger partial charge is 0.265 e. The minimum atomic E-state index is -0.0969. The third-order valence-electron chi connectivity index (χ3n) is 4.33. The molecular weight excluding hydrogens is 422 g/mol. The quantitative estimate of drug-likeness (QED) is 0.322. The zero-order valence-corrected chi connectivity index (χ0v) is 18.7. The Bertz CT molecular complexity index is 960. The van der Waals surface area contributed by atoms with E-state index in [1.807, 2.05) is 42.5 Å². The Hall–Kier alpha value is -2.71. The number of ether oxygens (including phenoxy) is 4. The number of likely N-dealkylation sites (N-methyl/N-ethyl adjacent to an activating group) is 1. The summed E-state index contributed by atoms with van der Waals surface area (Å²) >= 11 is 6.45. The maximum atomic E-state index is 12.2. The number of benzene rings is 2. The lowest BCUT2D eigenvalue weighted by molar-refractivity contribution is -0.121. The Morgan fingerprint density at radius 1 is 1.00 bits per heavy atom. The van der Waals surface area contributed by atoms with Gasteiger partial charge < -0.3 is 18.9 Å². The van der Waals surface area contributed by atoms with E-state index in [4.69, 9.17) is 31.2 Å². The fourth-order valence-corrected chi connectivity index (χ4v) is 3.89. The van der Waals surface area contributed by atoms with Crippen molar-refractivity contribution < 1.29 is 23.7 Å². The molecule has 0 N–H and O–H groups in total. The molecule has 2 aromatic rings. The van der Waals surface area contributed by atoms with Crippen LogP contribution in [0.5, 0.6) is 23.0 Å². The second-order valence-electron chi connectivity index (χ2n) is 6.38. The normalized spacial score (nSPS) is 14.9. The van der Waals surface area contributed by atoms with Gasteiger partial charge in [0.05, 0.1) is 32.3 Å².